The minimum atomic E-state index is -0.246. The molecule has 6 heteroatoms. The molecule has 0 saturated heterocycles. The highest BCUT2D eigenvalue weighted by Gasteiger charge is 2.13. The number of nitrogens with zero attached hydrogens (tertiary/aromatic N) is 2. The van der Waals surface area contributed by atoms with E-state index >= 15 is 0 Å². The fraction of sp³-hybridized carbons (Fsp3) is 0.231. The van der Waals surface area contributed by atoms with Crippen LogP contribution >= 0.6 is 11.3 Å². The van der Waals surface area contributed by atoms with Crippen molar-refractivity contribution < 1.29 is 8.91 Å². The average molecular weight is 277 g/mol. The van der Waals surface area contributed by atoms with E-state index in [-0.39, 0.29) is 11.9 Å². The molecule has 0 amide bonds. The molecule has 3 aromatic rings. The normalized spacial score (nSPS) is 13.0. The molecule has 0 aliphatic rings. The van der Waals surface area contributed by atoms with Gasteiger partial charge in [0.2, 0.25) is 0 Å². The van der Waals surface area contributed by atoms with Gasteiger partial charge >= 0.3 is 0 Å². The number of nitrogens with two attached hydrogens (primary N) is 1. The second-order valence-electron chi connectivity index (χ2n) is 4.49. The molecule has 0 radical (unpaired) electrons. The fourth-order valence-electron chi connectivity index (χ4n) is 1.84. The summed E-state index contributed by atoms with van der Waals surface area (Å²) in [6.45, 7) is 1.89. The maximum atomic E-state index is 13.1. The Morgan fingerprint density at radius 1 is 1.42 bits per heavy atom. The highest BCUT2D eigenvalue weighted by molar-refractivity contribution is 7.22. The van der Waals surface area contributed by atoms with E-state index in [9.17, 15) is 4.39 Å². The molecule has 1 atom stereocenters. The zero-order chi connectivity index (χ0) is 13.4. The molecule has 0 bridgehead atoms. The van der Waals surface area contributed by atoms with Crippen LogP contribution in [0.15, 0.2) is 28.8 Å². The third-order valence-electron chi connectivity index (χ3n) is 2.67. The Hall–Kier alpha value is -1.79. The van der Waals surface area contributed by atoms with Crippen LogP contribution in [0, 0.1) is 5.82 Å². The number of fused-ring (bicyclic) bond motifs is 1. The first kappa shape index (κ1) is 12.3. The lowest BCUT2D eigenvalue weighted by Gasteiger charge is -1.96. The zero-order valence-corrected chi connectivity index (χ0v) is 11.1. The second-order valence-corrected chi connectivity index (χ2v) is 5.57. The van der Waals surface area contributed by atoms with Crippen LogP contribution in [0.4, 0.5) is 4.39 Å². The summed E-state index contributed by atoms with van der Waals surface area (Å²) in [5.74, 6) is 0.801. The van der Waals surface area contributed by atoms with Crippen molar-refractivity contribution >= 4 is 21.4 Å². The third kappa shape index (κ3) is 2.50. The number of halogens is 1. The lowest BCUT2D eigenvalue weighted by molar-refractivity contribution is 0.421. The van der Waals surface area contributed by atoms with Gasteiger partial charge in [0.15, 0.2) is 5.82 Å². The molecular weight excluding hydrogens is 265 g/mol. The van der Waals surface area contributed by atoms with Gasteiger partial charge in [-0.25, -0.2) is 4.39 Å². The molecule has 2 N–H and O–H groups in total. The van der Waals surface area contributed by atoms with Crippen LogP contribution in [0.5, 0.6) is 0 Å². The van der Waals surface area contributed by atoms with Gasteiger partial charge in [-0.05, 0) is 30.5 Å². The highest BCUT2D eigenvalue weighted by Crippen LogP contribution is 2.32. The van der Waals surface area contributed by atoms with Gasteiger partial charge in [0.25, 0.3) is 5.89 Å². The molecule has 0 fully saturated rings. The van der Waals surface area contributed by atoms with E-state index in [1.807, 2.05) is 13.0 Å². The van der Waals surface area contributed by atoms with E-state index in [0.29, 0.717) is 18.1 Å². The van der Waals surface area contributed by atoms with Crippen LogP contribution in [0.2, 0.25) is 0 Å². The Balaban J connectivity index is 1.97. The standard InChI is InChI=1S/C13H12FN3OS/c1-7(15)4-12-16-13(18-17-12)11-5-8-2-3-9(14)6-10(8)19-11/h2-3,5-7H,4,15H2,1H3. The molecule has 0 saturated carbocycles. The largest absolute Gasteiger partial charge is 0.333 e. The SMILES string of the molecule is CC(N)Cc1noc(-c2cc3ccc(F)cc3s2)n1. The lowest BCUT2D eigenvalue weighted by Crippen LogP contribution is -2.18. The van der Waals surface area contributed by atoms with Crippen molar-refractivity contribution in [3.63, 3.8) is 0 Å². The first-order valence-corrected chi connectivity index (χ1v) is 6.71. The summed E-state index contributed by atoms with van der Waals surface area (Å²) in [6, 6.07) is 6.59. The van der Waals surface area contributed by atoms with E-state index < -0.39 is 0 Å². The quantitative estimate of drug-likeness (QED) is 0.799. The Morgan fingerprint density at radius 2 is 2.26 bits per heavy atom. The van der Waals surface area contributed by atoms with Crippen LogP contribution in [0.3, 0.4) is 0 Å². The van der Waals surface area contributed by atoms with Crippen LogP contribution in [-0.4, -0.2) is 16.2 Å². The predicted molar refractivity (Wildman–Crippen MR) is 72.4 cm³/mol. The average Bonchev–Trinajstić information content (AvgIpc) is 2.93. The number of thiophene rings is 1. The van der Waals surface area contributed by atoms with Crippen LogP contribution in [0.1, 0.15) is 12.7 Å². The molecule has 2 aromatic heterocycles. The van der Waals surface area contributed by atoms with Gasteiger partial charge in [-0.15, -0.1) is 11.3 Å². The Morgan fingerprint density at radius 3 is 3.05 bits per heavy atom. The summed E-state index contributed by atoms with van der Waals surface area (Å²) in [5.41, 5.74) is 5.69. The highest BCUT2D eigenvalue weighted by atomic mass is 32.1. The van der Waals surface area contributed by atoms with Crippen molar-refractivity contribution in [3.8, 4) is 10.8 Å². The summed E-state index contributed by atoms with van der Waals surface area (Å²) < 4.78 is 19.2. The lowest BCUT2D eigenvalue weighted by atomic mass is 10.2. The molecule has 1 aromatic carbocycles. The summed E-state index contributed by atoms with van der Waals surface area (Å²) in [5, 5.41) is 4.85. The molecule has 3 rings (SSSR count). The maximum Gasteiger partial charge on any atom is 0.268 e. The molecule has 0 spiro atoms. The maximum absolute atomic E-state index is 13.1. The second kappa shape index (κ2) is 4.71. The predicted octanol–water partition coefficient (Wildman–Crippen LogP) is 2.98. The minimum absolute atomic E-state index is 0.0121. The van der Waals surface area contributed by atoms with Crippen molar-refractivity contribution in [2.24, 2.45) is 5.73 Å². The Labute approximate surface area is 113 Å². The molecule has 4 nitrogen and oxygen atoms in total. The topological polar surface area (TPSA) is 64.9 Å². The Kier molecular flexibility index (Phi) is 3.04. The number of aromatic nitrogens is 2. The number of hydrogen-bond acceptors (Lipinski definition) is 5. The van der Waals surface area contributed by atoms with Gasteiger partial charge in [0.05, 0.1) is 4.88 Å². The van der Waals surface area contributed by atoms with Crippen LogP contribution < -0.4 is 5.73 Å². The fourth-order valence-corrected chi connectivity index (χ4v) is 2.84. The first-order valence-electron chi connectivity index (χ1n) is 5.89. The summed E-state index contributed by atoms with van der Waals surface area (Å²) in [4.78, 5) is 5.13. The van der Waals surface area contributed by atoms with E-state index in [1.54, 1.807) is 6.07 Å². The Bertz CT molecular complexity index is 720. The van der Waals surface area contributed by atoms with Gasteiger partial charge in [-0.2, -0.15) is 4.98 Å². The molecule has 98 valence electrons. The monoisotopic (exact) mass is 277 g/mol. The zero-order valence-electron chi connectivity index (χ0n) is 10.3. The van der Waals surface area contributed by atoms with Crippen molar-refractivity contribution in [1.82, 2.24) is 10.1 Å². The number of rotatable bonds is 3. The summed E-state index contributed by atoms with van der Waals surface area (Å²) in [7, 11) is 0. The van der Waals surface area contributed by atoms with Gasteiger partial charge in [0.1, 0.15) is 5.82 Å². The smallest absolute Gasteiger partial charge is 0.268 e. The van der Waals surface area contributed by atoms with Crippen molar-refractivity contribution in [2.75, 3.05) is 0 Å². The molecule has 0 aliphatic heterocycles. The minimum Gasteiger partial charge on any atom is -0.333 e. The van der Waals surface area contributed by atoms with E-state index in [0.717, 1.165) is 15.0 Å². The van der Waals surface area contributed by atoms with Crippen LogP contribution in [0.25, 0.3) is 20.9 Å². The van der Waals surface area contributed by atoms with E-state index in [2.05, 4.69) is 10.1 Å². The molecule has 1 unspecified atom stereocenters. The molecule has 19 heavy (non-hydrogen) atoms. The van der Waals surface area contributed by atoms with Gasteiger partial charge in [0, 0.05) is 17.2 Å². The summed E-state index contributed by atoms with van der Waals surface area (Å²) in [6.07, 6.45) is 0.572. The van der Waals surface area contributed by atoms with Gasteiger partial charge in [-0.1, -0.05) is 11.2 Å². The van der Waals surface area contributed by atoms with Gasteiger partial charge < -0.3 is 10.3 Å². The molecule has 2 heterocycles. The van der Waals surface area contributed by atoms with E-state index in [4.69, 9.17) is 10.3 Å². The molecular formula is C13H12FN3OS. The number of benzene rings is 1. The third-order valence-corrected chi connectivity index (χ3v) is 3.75. The first-order chi connectivity index (χ1) is 9.11. The van der Waals surface area contributed by atoms with Gasteiger partial charge in [-0.3, -0.25) is 0 Å². The van der Waals surface area contributed by atoms with Crippen molar-refractivity contribution in [3.05, 3.63) is 35.9 Å². The molecule has 0 aliphatic carbocycles. The number of hydrogen-bond donors (Lipinski definition) is 1. The summed E-state index contributed by atoms with van der Waals surface area (Å²) >= 11 is 1.43. The van der Waals surface area contributed by atoms with Crippen LogP contribution in [-0.2, 0) is 6.42 Å². The van der Waals surface area contributed by atoms with Crippen molar-refractivity contribution in [1.29, 1.82) is 0 Å². The van der Waals surface area contributed by atoms with Crippen molar-refractivity contribution in [2.45, 2.75) is 19.4 Å². The van der Waals surface area contributed by atoms with E-state index in [1.165, 1.54) is 23.5 Å².